The lowest BCUT2D eigenvalue weighted by Crippen LogP contribution is -2.15. The summed E-state index contributed by atoms with van der Waals surface area (Å²) in [6.45, 7) is 8.15. The molecular weight excluding hydrogens is 430 g/mol. The van der Waals surface area contributed by atoms with E-state index in [2.05, 4.69) is 27.1 Å². The molecule has 0 radical (unpaired) electrons. The van der Waals surface area contributed by atoms with Gasteiger partial charge in [-0.05, 0) is 37.6 Å². The average Bonchev–Trinajstić information content (AvgIpc) is 3.32. The van der Waals surface area contributed by atoms with Crippen molar-refractivity contribution in [1.29, 1.82) is 0 Å². The molecule has 0 aliphatic rings. The number of nitrogens with zero attached hydrogens (tertiary/aromatic N) is 4. The number of nitrogens with one attached hydrogen (secondary N) is 1. The number of ether oxygens (including phenoxy) is 1. The number of benzene rings is 1. The second-order valence-corrected chi connectivity index (χ2v) is 8.36. The van der Waals surface area contributed by atoms with Crippen LogP contribution in [-0.2, 0) is 11.3 Å². The molecule has 7 nitrogen and oxygen atoms in total. The highest BCUT2D eigenvalue weighted by molar-refractivity contribution is 7.99. The van der Waals surface area contributed by atoms with Gasteiger partial charge in [0.05, 0.1) is 5.75 Å². The largest absolute Gasteiger partial charge is 0.482 e. The van der Waals surface area contributed by atoms with Crippen LogP contribution < -0.4 is 10.1 Å². The van der Waals surface area contributed by atoms with Crippen LogP contribution in [0.25, 0.3) is 0 Å². The van der Waals surface area contributed by atoms with Crippen molar-refractivity contribution in [3.63, 3.8) is 0 Å². The minimum atomic E-state index is -0.346. The lowest BCUT2D eigenvalue weighted by molar-refractivity contribution is -0.113. The fourth-order valence-electron chi connectivity index (χ4n) is 2.57. The summed E-state index contributed by atoms with van der Waals surface area (Å²) in [4.78, 5) is 16.2. The normalized spacial score (nSPS) is 11.8. The highest BCUT2D eigenvalue weighted by Gasteiger charge is 2.20. The van der Waals surface area contributed by atoms with Crippen molar-refractivity contribution in [3.8, 4) is 5.75 Å². The van der Waals surface area contributed by atoms with Crippen molar-refractivity contribution in [1.82, 2.24) is 19.7 Å². The molecule has 2 aromatic heterocycles. The Bertz CT molecular complexity index is 991. The topological polar surface area (TPSA) is 81.9 Å². The Kier molecular flexibility index (Phi) is 7.29. The molecule has 0 saturated heterocycles. The summed E-state index contributed by atoms with van der Waals surface area (Å²) in [6, 6.07) is 5.47. The lowest BCUT2D eigenvalue weighted by Gasteiger charge is -2.17. The number of amides is 1. The number of allylic oxidation sites excluding steroid dienone is 1. The van der Waals surface area contributed by atoms with Gasteiger partial charge in [-0.3, -0.25) is 9.36 Å². The number of carbonyl (C=O) groups excluding carboxylic acids is 1. The van der Waals surface area contributed by atoms with E-state index < -0.39 is 0 Å². The van der Waals surface area contributed by atoms with Crippen LogP contribution in [0.2, 0.25) is 5.02 Å². The van der Waals surface area contributed by atoms with Crippen molar-refractivity contribution in [2.45, 2.75) is 31.7 Å². The molecule has 2 heterocycles. The van der Waals surface area contributed by atoms with Gasteiger partial charge in [0.15, 0.2) is 22.2 Å². The molecular formula is C19H20ClN5O2S2. The molecule has 0 aliphatic carbocycles. The third kappa shape index (κ3) is 5.59. The highest BCUT2D eigenvalue weighted by Crippen LogP contribution is 2.28. The zero-order chi connectivity index (χ0) is 20.8. The van der Waals surface area contributed by atoms with Gasteiger partial charge in [-0.2, -0.15) is 0 Å². The molecule has 1 amide bonds. The first kappa shape index (κ1) is 21.4. The van der Waals surface area contributed by atoms with Crippen LogP contribution in [0.3, 0.4) is 0 Å². The third-order valence-corrected chi connectivity index (χ3v) is 5.76. The number of thioether (sulfide) groups is 1. The molecule has 0 aliphatic heterocycles. The number of thiazole rings is 1. The van der Waals surface area contributed by atoms with Crippen LogP contribution in [-0.4, -0.2) is 31.4 Å². The predicted molar refractivity (Wildman–Crippen MR) is 117 cm³/mol. The summed E-state index contributed by atoms with van der Waals surface area (Å²) in [5.41, 5.74) is 0.938. The van der Waals surface area contributed by atoms with Crippen LogP contribution in [0.1, 0.15) is 24.4 Å². The van der Waals surface area contributed by atoms with Crippen LogP contribution in [0.5, 0.6) is 5.75 Å². The summed E-state index contributed by atoms with van der Waals surface area (Å²) in [6.07, 6.45) is 3.05. The van der Waals surface area contributed by atoms with Crippen molar-refractivity contribution in [2.24, 2.45) is 0 Å². The molecule has 1 atom stereocenters. The smallest absolute Gasteiger partial charge is 0.236 e. The molecule has 1 aromatic carbocycles. The van der Waals surface area contributed by atoms with Crippen molar-refractivity contribution in [2.75, 3.05) is 11.1 Å². The maximum Gasteiger partial charge on any atom is 0.236 e. The zero-order valence-corrected chi connectivity index (χ0v) is 18.4. The maximum atomic E-state index is 12.1. The predicted octanol–water partition coefficient (Wildman–Crippen LogP) is 4.75. The van der Waals surface area contributed by atoms with Crippen molar-refractivity contribution < 1.29 is 9.53 Å². The first-order valence-electron chi connectivity index (χ1n) is 8.77. The molecule has 0 bridgehead atoms. The first-order chi connectivity index (χ1) is 14.0. The maximum absolute atomic E-state index is 12.1. The minimum absolute atomic E-state index is 0.152. The Hall–Kier alpha value is -2.36. The Morgan fingerprint density at radius 2 is 2.31 bits per heavy atom. The van der Waals surface area contributed by atoms with Gasteiger partial charge in [0.1, 0.15) is 5.75 Å². The molecule has 3 rings (SSSR count). The van der Waals surface area contributed by atoms with E-state index in [9.17, 15) is 4.79 Å². The second kappa shape index (κ2) is 9.91. The first-order valence-corrected chi connectivity index (χ1v) is 11.0. The van der Waals surface area contributed by atoms with Gasteiger partial charge >= 0.3 is 0 Å². The van der Waals surface area contributed by atoms with Crippen molar-refractivity contribution >= 4 is 45.7 Å². The Labute approximate surface area is 182 Å². The van der Waals surface area contributed by atoms with Gasteiger partial charge in [-0.25, -0.2) is 4.98 Å². The number of aryl methyl sites for hydroxylation is 1. The zero-order valence-electron chi connectivity index (χ0n) is 16.0. The number of rotatable bonds is 9. The van der Waals surface area contributed by atoms with Crippen LogP contribution in [0.4, 0.5) is 5.13 Å². The van der Waals surface area contributed by atoms with Gasteiger partial charge in [0.25, 0.3) is 0 Å². The number of anilines is 1. The van der Waals surface area contributed by atoms with E-state index in [1.807, 2.05) is 30.5 Å². The summed E-state index contributed by atoms with van der Waals surface area (Å²) < 4.78 is 7.96. The monoisotopic (exact) mass is 449 g/mol. The van der Waals surface area contributed by atoms with Gasteiger partial charge in [0.2, 0.25) is 5.91 Å². The number of hydrogen-bond acceptors (Lipinski definition) is 7. The average molecular weight is 450 g/mol. The summed E-state index contributed by atoms with van der Waals surface area (Å²) >= 11 is 8.68. The number of aromatic nitrogens is 4. The van der Waals surface area contributed by atoms with Crippen LogP contribution in [0, 0.1) is 6.92 Å². The summed E-state index contributed by atoms with van der Waals surface area (Å²) in [5, 5.41) is 14.9. The quantitative estimate of drug-likeness (QED) is 0.375. The van der Waals surface area contributed by atoms with Gasteiger partial charge in [-0.1, -0.05) is 29.4 Å². The minimum Gasteiger partial charge on any atom is -0.482 e. The molecule has 0 fully saturated rings. The second-order valence-electron chi connectivity index (χ2n) is 6.08. The number of carbonyl (C=O) groups is 1. The molecule has 0 spiro atoms. The standard InChI is InChI=1S/C19H20ClN5O2S2/c1-4-8-25-17(13(3)27-15-6-5-14(20)10-12(15)2)23-24-19(25)29-11-16(26)22-18-21-7-9-28-18/h4-7,9-10,13H,1,8,11H2,2-3H3,(H,21,22,26). The van der Waals surface area contributed by atoms with E-state index in [1.54, 1.807) is 23.7 Å². The lowest BCUT2D eigenvalue weighted by atomic mass is 10.2. The van der Waals surface area contributed by atoms with E-state index >= 15 is 0 Å². The van der Waals surface area contributed by atoms with Crippen molar-refractivity contribution in [3.05, 3.63) is 58.8 Å². The van der Waals surface area contributed by atoms with E-state index in [1.165, 1.54) is 23.1 Å². The SMILES string of the molecule is C=CCn1c(SCC(=O)Nc2nccs2)nnc1C(C)Oc1ccc(Cl)cc1C. The van der Waals surface area contributed by atoms with E-state index in [0.29, 0.717) is 27.7 Å². The van der Waals surface area contributed by atoms with Gasteiger partial charge < -0.3 is 10.1 Å². The van der Waals surface area contributed by atoms with Gasteiger partial charge in [-0.15, -0.1) is 28.1 Å². The molecule has 3 aromatic rings. The fraction of sp³-hybridized carbons (Fsp3) is 0.263. The fourth-order valence-corrected chi connectivity index (χ4v) is 4.09. The highest BCUT2D eigenvalue weighted by atomic mass is 35.5. The third-order valence-electron chi connectivity index (χ3n) is 3.87. The Balaban J connectivity index is 1.70. The summed E-state index contributed by atoms with van der Waals surface area (Å²) in [7, 11) is 0. The Morgan fingerprint density at radius 3 is 3.00 bits per heavy atom. The molecule has 10 heteroatoms. The van der Waals surface area contributed by atoms with E-state index in [-0.39, 0.29) is 17.8 Å². The number of hydrogen-bond donors (Lipinski definition) is 1. The number of halogens is 1. The van der Waals surface area contributed by atoms with Gasteiger partial charge in [0, 0.05) is 23.1 Å². The Morgan fingerprint density at radius 1 is 1.48 bits per heavy atom. The van der Waals surface area contributed by atoms with E-state index in [0.717, 1.165) is 11.3 Å². The molecule has 29 heavy (non-hydrogen) atoms. The van der Waals surface area contributed by atoms with Crippen LogP contribution in [0.15, 0.2) is 47.6 Å². The molecule has 1 unspecified atom stereocenters. The molecule has 152 valence electrons. The van der Waals surface area contributed by atoms with Crippen LogP contribution >= 0.6 is 34.7 Å². The molecule has 1 N–H and O–H groups in total. The molecule has 0 saturated carbocycles. The summed E-state index contributed by atoms with van der Waals surface area (Å²) in [5.74, 6) is 1.43. The van der Waals surface area contributed by atoms with E-state index in [4.69, 9.17) is 16.3 Å².